The van der Waals surface area contributed by atoms with E-state index < -0.39 is 6.10 Å². The summed E-state index contributed by atoms with van der Waals surface area (Å²) in [7, 11) is 0. The van der Waals surface area contributed by atoms with Crippen LogP contribution in [0.15, 0.2) is 22.7 Å². The maximum Gasteiger partial charge on any atom is 0.260 e. The molecular weight excluding hydrogens is 320 g/mol. The van der Waals surface area contributed by atoms with Crippen LogP contribution in [-0.2, 0) is 11.2 Å². The first-order valence-corrected chi connectivity index (χ1v) is 7.76. The molecule has 110 valence electrons. The van der Waals surface area contributed by atoms with Crippen molar-refractivity contribution in [3.63, 3.8) is 0 Å². The third-order valence-corrected chi connectivity index (χ3v) is 3.80. The maximum atomic E-state index is 12.0. The molecule has 1 aliphatic rings. The second-order valence-corrected chi connectivity index (χ2v) is 6.31. The average molecular weight is 341 g/mol. The van der Waals surface area contributed by atoms with Gasteiger partial charge in [-0.2, -0.15) is 0 Å². The Labute approximate surface area is 128 Å². The fourth-order valence-corrected chi connectivity index (χ4v) is 2.47. The van der Waals surface area contributed by atoms with Gasteiger partial charge < -0.3 is 15.8 Å². The number of carbonyl (C=O) groups is 1. The second-order valence-electron chi connectivity index (χ2n) is 5.45. The number of benzene rings is 1. The van der Waals surface area contributed by atoms with Gasteiger partial charge in [-0.15, -0.1) is 0 Å². The van der Waals surface area contributed by atoms with Gasteiger partial charge in [0.1, 0.15) is 5.75 Å². The molecule has 0 bridgehead atoms. The lowest BCUT2D eigenvalue weighted by atomic mass is 10.1. The third-order valence-electron chi connectivity index (χ3n) is 3.18. The van der Waals surface area contributed by atoms with E-state index in [0.29, 0.717) is 18.2 Å². The van der Waals surface area contributed by atoms with Gasteiger partial charge >= 0.3 is 0 Å². The van der Waals surface area contributed by atoms with Crippen molar-refractivity contribution in [2.45, 2.75) is 51.3 Å². The van der Waals surface area contributed by atoms with Crippen LogP contribution in [0.3, 0.4) is 0 Å². The highest BCUT2D eigenvalue weighted by atomic mass is 79.9. The Morgan fingerprint density at radius 3 is 2.80 bits per heavy atom. The Morgan fingerprint density at radius 1 is 1.50 bits per heavy atom. The van der Waals surface area contributed by atoms with Crippen LogP contribution in [0.2, 0.25) is 0 Å². The van der Waals surface area contributed by atoms with E-state index >= 15 is 0 Å². The Morgan fingerprint density at radius 2 is 2.20 bits per heavy atom. The molecule has 5 heteroatoms. The van der Waals surface area contributed by atoms with E-state index in [4.69, 9.17) is 10.5 Å². The average Bonchev–Trinajstić information content (AvgIpc) is 3.16. The highest BCUT2D eigenvalue weighted by Gasteiger charge is 2.27. The van der Waals surface area contributed by atoms with Crippen LogP contribution in [-0.4, -0.2) is 24.1 Å². The van der Waals surface area contributed by atoms with E-state index in [1.165, 1.54) is 0 Å². The van der Waals surface area contributed by atoms with Gasteiger partial charge in [0.25, 0.3) is 5.91 Å². The van der Waals surface area contributed by atoms with Crippen molar-refractivity contribution in [1.29, 1.82) is 0 Å². The molecule has 1 saturated carbocycles. The number of hydrogen-bond acceptors (Lipinski definition) is 3. The number of amides is 1. The van der Waals surface area contributed by atoms with Gasteiger partial charge in [0.05, 0.1) is 4.47 Å². The monoisotopic (exact) mass is 340 g/mol. The normalized spacial score (nSPS) is 17.4. The summed E-state index contributed by atoms with van der Waals surface area (Å²) >= 11 is 3.48. The zero-order valence-electron chi connectivity index (χ0n) is 11.9. The topological polar surface area (TPSA) is 64.3 Å². The minimum Gasteiger partial charge on any atom is -0.479 e. The van der Waals surface area contributed by atoms with Crippen molar-refractivity contribution < 1.29 is 9.53 Å². The first kappa shape index (κ1) is 15.3. The Kier molecular flexibility index (Phi) is 5.05. The molecule has 20 heavy (non-hydrogen) atoms. The molecular formula is C15H21BrN2O2. The van der Waals surface area contributed by atoms with Gasteiger partial charge in [0.15, 0.2) is 6.10 Å². The molecule has 0 spiro atoms. The van der Waals surface area contributed by atoms with Crippen molar-refractivity contribution in [3.05, 3.63) is 28.2 Å². The summed E-state index contributed by atoms with van der Waals surface area (Å²) in [5.41, 5.74) is 6.87. The van der Waals surface area contributed by atoms with Gasteiger partial charge in [-0.3, -0.25) is 4.79 Å². The van der Waals surface area contributed by atoms with Crippen LogP contribution in [0, 0.1) is 0 Å². The van der Waals surface area contributed by atoms with Crippen LogP contribution in [0.1, 0.15) is 32.3 Å². The Hall–Kier alpha value is -1.07. The molecule has 2 rings (SSSR count). The van der Waals surface area contributed by atoms with Crippen LogP contribution in [0.4, 0.5) is 0 Å². The lowest BCUT2D eigenvalue weighted by Crippen LogP contribution is -2.37. The maximum absolute atomic E-state index is 12.0. The lowest BCUT2D eigenvalue weighted by Gasteiger charge is -2.19. The lowest BCUT2D eigenvalue weighted by molar-refractivity contribution is -0.127. The van der Waals surface area contributed by atoms with E-state index in [9.17, 15) is 4.79 Å². The van der Waals surface area contributed by atoms with Gasteiger partial charge in [-0.1, -0.05) is 12.1 Å². The molecule has 0 aliphatic heterocycles. The number of nitrogens with two attached hydrogens (primary N) is 1. The SMILES string of the molecule is CC(N)Cc1cccc(Br)c1OC(C)C(=O)NC1CC1. The van der Waals surface area contributed by atoms with Gasteiger partial charge in [-0.05, 0) is 60.7 Å². The number of hydrogen-bond donors (Lipinski definition) is 2. The Bertz CT molecular complexity index is 487. The van der Waals surface area contributed by atoms with E-state index in [1.807, 2.05) is 25.1 Å². The van der Waals surface area contributed by atoms with E-state index in [2.05, 4.69) is 21.2 Å². The molecule has 0 radical (unpaired) electrons. The first-order valence-electron chi connectivity index (χ1n) is 6.97. The number of rotatable bonds is 6. The van der Waals surface area contributed by atoms with Crippen molar-refractivity contribution in [1.82, 2.24) is 5.32 Å². The summed E-state index contributed by atoms with van der Waals surface area (Å²) in [4.78, 5) is 12.0. The fraction of sp³-hybridized carbons (Fsp3) is 0.533. The molecule has 0 saturated heterocycles. The van der Waals surface area contributed by atoms with Crippen molar-refractivity contribution >= 4 is 21.8 Å². The molecule has 0 aromatic heterocycles. The smallest absolute Gasteiger partial charge is 0.260 e. The summed E-state index contributed by atoms with van der Waals surface area (Å²) in [5.74, 6) is 0.651. The van der Waals surface area contributed by atoms with Crippen molar-refractivity contribution in [2.24, 2.45) is 5.73 Å². The van der Waals surface area contributed by atoms with Gasteiger partial charge in [0, 0.05) is 12.1 Å². The molecule has 2 unspecified atom stereocenters. The molecule has 1 aromatic rings. The molecule has 1 aromatic carbocycles. The highest BCUT2D eigenvalue weighted by Crippen LogP contribution is 2.31. The predicted octanol–water partition coefficient (Wildman–Crippen LogP) is 2.38. The Balaban J connectivity index is 2.08. The molecule has 2 atom stereocenters. The van der Waals surface area contributed by atoms with Crippen molar-refractivity contribution in [3.8, 4) is 5.75 Å². The molecule has 1 amide bonds. The van der Waals surface area contributed by atoms with Crippen LogP contribution < -0.4 is 15.8 Å². The van der Waals surface area contributed by atoms with Gasteiger partial charge in [-0.25, -0.2) is 0 Å². The van der Waals surface area contributed by atoms with E-state index in [0.717, 1.165) is 22.9 Å². The zero-order valence-corrected chi connectivity index (χ0v) is 13.4. The molecule has 3 N–H and O–H groups in total. The van der Waals surface area contributed by atoms with Crippen LogP contribution in [0.5, 0.6) is 5.75 Å². The minimum atomic E-state index is -0.513. The number of para-hydroxylation sites is 1. The minimum absolute atomic E-state index is 0.0437. The highest BCUT2D eigenvalue weighted by molar-refractivity contribution is 9.10. The second kappa shape index (κ2) is 6.59. The summed E-state index contributed by atoms with van der Waals surface area (Å²) in [6, 6.07) is 6.22. The summed E-state index contributed by atoms with van der Waals surface area (Å²) in [6.45, 7) is 3.72. The number of halogens is 1. The zero-order chi connectivity index (χ0) is 14.7. The molecule has 4 nitrogen and oxygen atoms in total. The largest absolute Gasteiger partial charge is 0.479 e. The standard InChI is InChI=1S/C15H21BrN2O2/c1-9(17)8-11-4-3-5-13(16)14(11)20-10(2)15(19)18-12-6-7-12/h3-5,9-10,12H,6-8,17H2,1-2H3,(H,18,19). The number of carbonyl (C=O) groups excluding carboxylic acids is 1. The number of ether oxygens (including phenoxy) is 1. The van der Waals surface area contributed by atoms with E-state index in [1.54, 1.807) is 6.92 Å². The summed E-state index contributed by atoms with van der Waals surface area (Å²) < 4.78 is 6.70. The molecule has 1 fully saturated rings. The fourth-order valence-electron chi connectivity index (χ4n) is 1.97. The number of nitrogens with one attached hydrogen (secondary N) is 1. The summed E-state index contributed by atoms with van der Waals surface area (Å²) in [5, 5.41) is 2.95. The molecule has 1 aliphatic carbocycles. The van der Waals surface area contributed by atoms with Crippen LogP contribution in [0.25, 0.3) is 0 Å². The van der Waals surface area contributed by atoms with Crippen LogP contribution >= 0.6 is 15.9 Å². The molecule has 0 heterocycles. The predicted molar refractivity (Wildman–Crippen MR) is 82.8 cm³/mol. The summed E-state index contributed by atoms with van der Waals surface area (Å²) in [6.07, 6.45) is 2.35. The van der Waals surface area contributed by atoms with E-state index in [-0.39, 0.29) is 11.9 Å². The quantitative estimate of drug-likeness (QED) is 0.835. The van der Waals surface area contributed by atoms with Gasteiger partial charge in [0.2, 0.25) is 0 Å². The van der Waals surface area contributed by atoms with Crippen molar-refractivity contribution in [2.75, 3.05) is 0 Å². The third kappa shape index (κ3) is 4.21. The first-order chi connectivity index (χ1) is 9.47.